The maximum atomic E-state index is 13.3. The van der Waals surface area contributed by atoms with Gasteiger partial charge in [0.05, 0.1) is 16.7 Å². The molecule has 108 valence electrons. The summed E-state index contributed by atoms with van der Waals surface area (Å²) in [5.74, 6) is 0.970. The number of aryl methyl sites for hydroxylation is 1. The Morgan fingerprint density at radius 1 is 1.19 bits per heavy atom. The van der Waals surface area contributed by atoms with E-state index in [1.54, 1.807) is 12.1 Å². The summed E-state index contributed by atoms with van der Waals surface area (Å²) in [5, 5.41) is 0.624. The standard InChI is InChI=1S/C15H10BrCl2FN2/c16-11-8-10(19)2-4-13(11)21-14-7-9(18)1-3-12(14)20-15(21)5-6-17/h1-4,7-8H,5-6H2. The van der Waals surface area contributed by atoms with Gasteiger partial charge in [0.15, 0.2) is 0 Å². The van der Waals surface area contributed by atoms with Crippen LogP contribution in [0.25, 0.3) is 16.7 Å². The summed E-state index contributed by atoms with van der Waals surface area (Å²) in [6.07, 6.45) is 0.609. The fourth-order valence-corrected chi connectivity index (χ4v) is 3.15. The molecule has 6 heteroatoms. The summed E-state index contributed by atoms with van der Waals surface area (Å²) in [6, 6.07) is 10.1. The zero-order chi connectivity index (χ0) is 15.0. The third-order valence-electron chi connectivity index (χ3n) is 3.15. The van der Waals surface area contributed by atoms with Crippen LogP contribution in [0.4, 0.5) is 4.39 Å². The van der Waals surface area contributed by atoms with Crippen LogP contribution in [-0.4, -0.2) is 15.4 Å². The van der Waals surface area contributed by atoms with E-state index in [-0.39, 0.29) is 5.82 Å². The lowest BCUT2D eigenvalue weighted by molar-refractivity contribution is 0.626. The summed E-state index contributed by atoms with van der Waals surface area (Å²) in [6.45, 7) is 0. The van der Waals surface area contributed by atoms with Crippen LogP contribution in [0.2, 0.25) is 5.02 Å². The molecule has 0 unspecified atom stereocenters. The van der Waals surface area contributed by atoms with Gasteiger partial charge in [0.2, 0.25) is 0 Å². The molecule has 0 atom stereocenters. The molecule has 0 bridgehead atoms. The van der Waals surface area contributed by atoms with Crippen LogP contribution in [0.15, 0.2) is 40.9 Å². The van der Waals surface area contributed by atoms with Gasteiger partial charge in [0, 0.05) is 21.8 Å². The smallest absolute Gasteiger partial charge is 0.124 e. The van der Waals surface area contributed by atoms with Gasteiger partial charge in [-0.1, -0.05) is 11.6 Å². The molecule has 0 fully saturated rings. The number of benzene rings is 2. The van der Waals surface area contributed by atoms with E-state index in [2.05, 4.69) is 20.9 Å². The van der Waals surface area contributed by atoms with Gasteiger partial charge in [-0.3, -0.25) is 4.57 Å². The molecule has 21 heavy (non-hydrogen) atoms. The molecule has 0 aliphatic carbocycles. The monoisotopic (exact) mass is 386 g/mol. The number of halogens is 4. The van der Waals surface area contributed by atoms with E-state index in [0.717, 1.165) is 22.5 Å². The summed E-state index contributed by atoms with van der Waals surface area (Å²) in [4.78, 5) is 4.59. The largest absolute Gasteiger partial charge is 0.295 e. The number of alkyl halides is 1. The average Bonchev–Trinajstić information content (AvgIpc) is 2.77. The Balaban J connectivity index is 2.32. The average molecular weight is 388 g/mol. The molecule has 0 N–H and O–H groups in total. The molecule has 2 aromatic carbocycles. The van der Waals surface area contributed by atoms with Crippen LogP contribution in [-0.2, 0) is 6.42 Å². The zero-order valence-electron chi connectivity index (χ0n) is 10.8. The highest BCUT2D eigenvalue weighted by Crippen LogP contribution is 2.29. The van der Waals surface area contributed by atoms with E-state index < -0.39 is 0 Å². The molecular weight excluding hydrogens is 378 g/mol. The van der Waals surface area contributed by atoms with Gasteiger partial charge in [0.25, 0.3) is 0 Å². The molecule has 0 amide bonds. The molecular formula is C15H10BrCl2FN2. The predicted molar refractivity (Wildman–Crippen MR) is 88.2 cm³/mol. The Hall–Kier alpha value is -1.10. The third kappa shape index (κ3) is 2.80. The molecule has 3 rings (SSSR count). The van der Waals surface area contributed by atoms with Gasteiger partial charge in [-0.25, -0.2) is 9.37 Å². The van der Waals surface area contributed by atoms with Crippen molar-refractivity contribution < 1.29 is 4.39 Å². The summed E-state index contributed by atoms with van der Waals surface area (Å²) >= 11 is 15.4. The van der Waals surface area contributed by atoms with Crippen molar-refractivity contribution in [1.29, 1.82) is 0 Å². The molecule has 3 aromatic rings. The van der Waals surface area contributed by atoms with Crippen LogP contribution in [0.1, 0.15) is 5.82 Å². The van der Waals surface area contributed by atoms with Gasteiger partial charge in [-0.15, -0.1) is 11.6 Å². The van der Waals surface area contributed by atoms with E-state index in [9.17, 15) is 4.39 Å². The minimum absolute atomic E-state index is 0.299. The molecule has 0 saturated carbocycles. The zero-order valence-corrected chi connectivity index (χ0v) is 13.9. The number of hydrogen-bond acceptors (Lipinski definition) is 1. The number of hydrogen-bond donors (Lipinski definition) is 0. The fraction of sp³-hybridized carbons (Fsp3) is 0.133. The van der Waals surface area contributed by atoms with E-state index in [4.69, 9.17) is 23.2 Å². The van der Waals surface area contributed by atoms with E-state index >= 15 is 0 Å². The highest BCUT2D eigenvalue weighted by molar-refractivity contribution is 9.10. The molecule has 0 aliphatic heterocycles. The molecule has 0 aliphatic rings. The van der Waals surface area contributed by atoms with Gasteiger partial charge in [0.1, 0.15) is 11.6 Å². The number of rotatable bonds is 3. The Morgan fingerprint density at radius 3 is 2.71 bits per heavy atom. The van der Waals surface area contributed by atoms with Gasteiger partial charge < -0.3 is 0 Å². The lowest BCUT2D eigenvalue weighted by Crippen LogP contribution is -2.03. The Bertz CT molecular complexity index is 817. The van der Waals surface area contributed by atoms with Crippen molar-refractivity contribution in [2.45, 2.75) is 6.42 Å². The van der Waals surface area contributed by atoms with Crippen molar-refractivity contribution in [3.8, 4) is 5.69 Å². The number of nitrogens with zero attached hydrogens (tertiary/aromatic N) is 2. The Labute approximate surface area is 139 Å². The van der Waals surface area contributed by atoms with E-state index in [0.29, 0.717) is 21.8 Å². The van der Waals surface area contributed by atoms with Crippen molar-refractivity contribution in [3.63, 3.8) is 0 Å². The Kier molecular flexibility index (Phi) is 4.20. The minimum Gasteiger partial charge on any atom is -0.295 e. The molecule has 2 nitrogen and oxygen atoms in total. The molecule has 1 aromatic heterocycles. The summed E-state index contributed by atoms with van der Waals surface area (Å²) in [5.41, 5.74) is 2.51. The quantitative estimate of drug-likeness (QED) is 0.553. The van der Waals surface area contributed by atoms with Crippen molar-refractivity contribution in [2.75, 3.05) is 5.88 Å². The maximum absolute atomic E-state index is 13.3. The lowest BCUT2D eigenvalue weighted by Gasteiger charge is -2.11. The topological polar surface area (TPSA) is 17.8 Å². The molecule has 0 spiro atoms. The van der Waals surface area contributed by atoms with Crippen LogP contribution in [0.5, 0.6) is 0 Å². The molecule has 0 saturated heterocycles. The highest BCUT2D eigenvalue weighted by Gasteiger charge is 2.15. The molecule has 1 heterocycles. The number of imidazole rings is 1. The van der Waals surface area contributed by atoms with Crippen LogP contribution < -0.4 is 0 Å². The predicted octanol–water partition coefficient (Wildman–Crippen LogP) is 5.36. The lowest BCUT2D eigenvalue weighted by atomic mass is 10.2. The second kappa shape index (κ2) is 5.95. The first-order valence-corrected chi connectivity index (χ1v) is 7.99. The van der Waals surface area contributed by atoms with Gasteiger partial charge in [-0.05, 0) is 52.3 Å². The molecule has 0 radical (unpaired) electrons. The third-order valence-corrected chi connectivity index (χ3v) is 4.21. The maximum Gasteiger partial charge on any atom is 0.124 e. The van der Waals surface area contributed by atoms with Crippen molar-refractivity contribution in [2.24, 2.45) is 0 Å². The normalized spacial score (nSPS) is 11.2. The van der Waals surface area contributed by atoms with Gasteiger partial charge in [-0.2, -0.15) is 0 Å². The summed E-state index contributed by atoms with van der Waals surface area (Å²) in [7, 11) is 0. The van der Waals surface area contributed by atoms with Gasteiger partial charge >= 0.3 is 0 Å². The Morgan fingerprint density at radius 2 is 2.00 bits per heavy atom. The van der Waals surface area contributed by atoms with Crippen molar-refractivity contribution in [1.82, 2.24) is 9.55 Å². The van der Waals surface area contributed by atoms with Crippen LogP contribution in [0, 0.1) is 5.82 Å². The minimum atomic E-state index is -0.299. The number of aromatic nitrogens is 2. The van der Waals surface area contributed by atoms with E-state index in [1.165, 1.54) is 12.1 Å². The highest BCUT2D eigenvalue weighted by atomic mass is 79.9. The van der Waals surface area contributed by atoms with E-state index in [1.807, 2.05) is 16.7 Å². The SMILES string of the molecule is Fc1ccc(-n2c(CCCl)nc3ccc(Cl)cc32)c(Br)c1. The fourth-order valence-electron chi connectivity index (χ4n) is 2.28. The first-order chi connectivity index (χ1) is 10.1. The first-order valence-electron chi connectivity index (χ1n) is 6.28. The second-order valence-electron chi connectivity index (χ2n) is 4.53. The number of fused-ring (bicyclic) bond motifs is 1. The summed E-state index contributed by atoms with van der Waals surface area (Å²) < 4.78 is 15.9. The van der Waals surface area contributed by atoms with Crippen LogP contribution >= 0.6 is 39.1 Å². The van der Waals surface area contributed by atoms with Crippen molar-refractivity contribution in [3.05, 3.63) is 57.5 Å². The van der Waals surface area contributed by atoms with Crippen LogP contribution in [0.3, 0.4) is 0 Å². The van der Waals surface area contributed by atoms with Crippen molar-refractivity contribution >= 4 is 50.2 Å². The second-order valence-corrected chi connectivity index (χ2v) is 6.20. The first kappa shape index (κ1) is 14.8.